The molecule has 0 spiro atoms. The van der Waals surface area contributed by atoms with E-state index in [0.29, 0.717) is 19.5 Å². The fraction of sp³-hybridized carbons (Fsp3) is 0.857. The Hall–Kier alpha value is -0.650. The second-order valence-corrected chi connectivity index (χ2v) is 2.79. The summed E-state index contributed by atoms with van der Waals surface area (Å²) in [6.07, 6.45) is 0.153. The predicted octanol–water partition coefficient (Wildman–Crippen LogP) is -1.27. The van der Waals surface area contributed by atoms with Crippen molar-refractivity contribution in [1.82, 2.24) is 10.4 Å². The molecule has 0 aromatic carbocycles. The molecule has 12 heavy (non-hydrogen) atoms. The molecule has 2 N–H and O–H groups in total. The summed E-state index contributed by atoms with van der Waals surface area (Å²) in [5, 5.41) is 13.4. The molecule has 1 aliphatic heterocycles. The number of aliphatic hydroxyl groups is 1. The molecule has 1 heterocycles. The fourth-order valence-corrected chi connectivity index (χ4v) is 1.08. The van der Waals surface area contributed by atoms with Crippen LogP contribution in [0.1, 0.15) is 6.42 Å². The number of amides is 1. The number of carbonyl (C=O) groups excluding carboxylic acids is 1. The highest BCUT2D eigenvalue weighted by Gasteiger charge is 2.16. The average Bonchev–Trinajstić information content (AvgIpc) is 2.06. The van der Waals surface area contributed by atoms with E-state index in [1.807, 2.05) is 0 Å². The fourth-order valence-electron chi connectivity index (χ4n) is 1.08. The highest BCUT2D eigenvalue weighted by atomic mass is 16.7. The first-order valence-corrected chi connectivity index (χ1v) is 3.96. The summed E-state index contributed by atoms with van der Waals surface area (Å²) in [5.74, 6) is -0.115. The zero-order valence-electron chi connectivity index (χ0n) is 7.12. The third-order valence-electron chi connectivity index (χ3n) is 1.82. The minimum Gasteiger partial charge on any atom is -0.391 e. The van der Waals surface area contributed by atoms with Gasteiger partial charge in [-0.05, 0) is 6.42 Å². The molecule has 0 aliphatic carbocycles. The van der Waals surface area contributed by atoms with Crippen LogP contribution in [-0.4, -0.2) is 48.9 Å². The van der Waals surface area contributed by atoms with Gasteiger partial charge in [0.2, 0.25) is 5.91 Å². The molecule has 1 atom stereocenters. The number of hydrogen-bond acceptors (Lipinski definition) is 4. The number of hydrogen-bond donors (Lipinski definition) is 2. The standard InChI is InChI=1S/C7H14N2O3/c1-12-9-3-2-6(10)4-8-7(11)5-9/h6,10H,2-5H2,1H3,(H,8,11). The van der Waals surface area contributed by atoms with E-state index in [2.05, 4.69) is 5.32 Å². The third kappa shape index (κ3) is 2.77. The molecule has 70 valence electrons. The van der Waals surface area contributed by atoms with Gasteiger partial charge in [0.15, 0.2) is 0 Å². The highest BCUT2D eigenvalue weighted by molar-refractivity contribution is 5.77. The predicted molar refractivity (Wildman–Crippen MR) is 42.2 cm³/mol. The Balaban J connectivity index is 2.43. The van der Waals surface area contributed by atoms with Crippen LogP contribution in [0.25, 0.3) is 0 Å². The first kappa shape index (κ1) is 9.44. The Morgan fingerprint density at radius 3 is 3.17 bits per heavy atom. The van der Waals surface area contributed by atoms with Crippen LogP contribution in [0.15, 0.2) is 0 Å². The number of nitrogens with one attached hydrogen (secondary N) is 1. The molecular formula is C7H14N2O3. The van der Waals surface area contributed by atoms with E-state index < -0.39 is 6.10 Å². The summed E-state index contributed by atoms with van der Waals surface area (Å²) in [6, 6.07) is 0. The van der Waals surface area contributed by atoms with E-state index in [1.54, 1.807) is 0 Å². The minimum atomic E-state index is -0.466. The molecule has 1 unspecified atom stereocenters. The third-order valence-corrected chi connectivity index (χ3v) is 1.82. The number of hydroxylamine groups is 2. The highest BCUT2D eigenvalue weighted by Crippen LogP contribution is 1.99. The lowest BCUT2D eigenvalue weighted by molar-refractivity contribution is -0.156. The second-order valence-electron chi connectivity index (χ2n) is 2.79. The summed E-state index contributed by atoms with van der Waals surface area (Å²) in [4.78, 5) is 15.9. The van der Waals surface area contributed by atoms with Gasteiger partial charge >= 0.3 is 0 Å². The zero-order chi connectivity index (χ0) is 8.97. The first-order valence-electron chi connectivity index (χ1n) is 3.96. The van der Waals surface area contributed by atoms with Crippen LogP contribution in [0, 0.1) is 0 Å². The summed E-state index contributed by atoms with van der Waals surface area (Å²) < 4.78 is 0. The van der Waals surface area contributed by atoms with Gasteiger partial charge in [0, 0.05) is 13.1 Å². The van der Waals surface area contributed by atoms with Crippen molar-refractivity contribution in [3.63, 3.8) is 0 Å². The Morgan fingerprint density at radius 2 is 2.50 bits per heavy atom. The van der Waals surface area contributed by atoms with Crippen molar-refractivity contribution >= 4 is 5.91 Å². The molecule has 0 aromatic heterocycles. The normalized spacial score (nSPS) is 27.5. The van der Waals surface area contributed by atoms with Crippen LogP contribution in [0.3, 0.4) is 0 Å². The van der Waals surface area contributed by atoms with Gasteiger partial charge in [-0.25, -0.2) is 0 Å². The van der Waals surface area contributed by atoms with Gasteiger partial charge in [-0.1, -0.05) is 0 Å². The SMILES string of the molecule is CON1CCC(O)CNC(=O)C1. The van der Waals surface area contributed by atoms with Crippen molar-refractivity contribution in [2.75, 3.05) is 26.7 Å². The van der Waals surface area contributed by atoms with Crippen LogP contribution in [-0.2, 0) is 9.63 Å². The van der Waals surface area contributed by atoms with Gasteiger partial charge < -0.3 is 15.3 Å². The molecule has 0 radical (unpaired) electrons. The van der Waals surface area contributed by atoms with Crippen molar-refractivity contribution in [3.05, 3.63) is 0 Å². The lowest BCUT2D eigenvalue weighted by Crippen LogP contribution is -2.44. The van der Waals surface area contributed by atoms with Crippen LogP contribution < -0.4 is 5.32 Å². The van der Waals surface area contributed by atoms with Gasteiger partial charge in [-0.2, -0.15) is 5.06 Å². The topological polar surface area (TPSA) is 61.8 Å². The van der Waals surface area contributed by atoms with E-state index in [0.717, 1.165) is 0 Å². The van der Waals surface area contributed by atoms with Gasteiger partial charge in [0.25, 0.3) is 0 Å². The monoisotopic (exact) mass is 174 g/mol. The van der Waals surface area contributed by atoms with Crippen molar-refractivity contribution in [2.24, 2.45) is 0 Å². The first-order chi connectivity index (χ1) is 5.72. The van der Waals surface area contributed by atoms with Crippen LogP contribution >= 0.6 is 0 Å². The summed E-state index contributed by atoms with van der Waals surface area (Å²) in [6.45, 7) is 1.17. The molecule has 0 aromatic rings. The molecular weight excluding hydrogens is 160 g/mol. The van der Waals surface area contributed by atoms with Gasteiger partial charge in [-0.15, -0.1) is 0 Å². The van der Waals surface area contributed by atoms with Gasteiger partial charge in [0.05, 0.1) is 13.2 Å². The van der Waals surface area contributed by atoms with E-state index >= 15 is 0 Å². The van der Waals surface area contributed by atoms with E-state index in [1.165, 1.54) is 12.2 Å². The van der Waals surface area contributed by atoms with E-state index in [9.17, 15) is 9.90 Å². The van der Waals surface area contributed by atoms with Crippen molar-refractivity contribution in [1.29, 1.82) is 0 Å². The largest absolute Gasteiger partial charge is 0.391 e. The lowest BCUT2D eigenvalue weighted by Gasteiger charge is -2.23. The quantitative estimate of drug-likeness (QED) is 0.520. The maximum Gasteiger partial charge on any atom is 0.236 e. The number of aliphatic hydroxyl groups excluding tert-OH is 1. The van der Waals surface area contributed by atoms with E-state index in [4.69, 9.17) is 4.84 Å². The molecule has 5 nitrogen and oxygen atoms in total. The van der Waals surface area contributed by atoms with Gasteiger partial charge in [0.1, 0.15) is 6.54 Å². The Kier molecular flexibility index (Phi) is 3.46. The molecule has 0 bridgehead atoms. The lowest BCUT2D eigenvalue weighted by atomic mass is 10.2. The van der Waals surface area contributed by atoms with E-state index in [-0.39, 0.29) is 12.5 Å². The number of carbonyl (C=O) groups is 1. The molecule has 1 rings (SSSR count). The van der Waals surface area contributed by atoms with Crippen molar-refractivity contribution in [2.45, 2.75) is 12.5 Å². The zero-order valence-corrected chi connectivity index (χ0v) is 7.12. The van der Waals surface area contributed by atoms with Crippen LogP contribution in [0.5, 0.6) is 0 Å². The van der Waals surface area contributed by atoms with Crippen LogP contribution in [0.2, 0.25) is 0 Å². The summed E-state index contributed by atoms with van der Waals surface area (Å²) in [7, 11) is 1.52. The summed E-state index contributed by atoms with van der Waals surface area (Å²) >= 11 is 0. The molecule has 5 heteroatoms. The molecule has 1 fully saturated rings. The van der Waals surface area contributed by atoms with Crippen LogP contribution in [0.4, 0.5) is 0 Å². The number of rotatable bonds is 1. The van der Waals surface area contributed by atoms with Crippen molar-refractivity contribution in [3.8, 4) is 0 Å². The second kappa shape index (κ2) is 4.39. The molecule has 0 saturated carbocycles. The average molecular weight is 174 g/mol. The molecule has 1 amide bonds. The van der Waals surface area contributed by atoms with Crippen molar-refractivity contribution < 1.29 is 14.7 Å². The number of nitrogens with zero attached hydrogens (tertiary/aromatic N) is 1. The summed E-state index contributed by atoms with van der Waals surface area (Å²) in [5.41, 5.74) is 0. The molecule has 1 saturated heterocycles. The number of β-amino-alcohol motifs (C(OH)–C–C–N with tert-alkyl or cyclic N) is 1. The Bertz CT molecular complexity index is 163. The maximum atomic E-state index is 11.0. The smallest absolute Gasteiger partial charge is 0.236 e. The minimum absolute atomic E-state index is 0.115. The Morgan fingerprint density at radius 1 is 1.75 bits per heavy atom. The van der Waals surface area contributed by atoms with Gasteiger partial charge in [-0.3, -0.25) is 4.79 Å². The molecule has 1 aliphatic rings. The Labute approximate surface area is 71.3 Å². The maximum absolute atomic E-state index is 11.0.